The molecule has 1 N–H and O–H groups in total. The van der Waals surface area contributed by atoms with Crippen LogP contribution in [0, 0.1) is 6.92 Å². The summed E-state index contributed by atoms with van der Waals surface area (Å²) in [4.78, 5) is 0.000556. The Morgan fingerprint density at radius 2 is 1.69 bits per heavy atom. The van der Waals surface area contributed by atoms with Gasteiger partial charge in [0.25, 0.3) is 10.1 Å². The summed E-state index contributed by atoms with van der Waals surface area (Å²) in [6, 6.07) is 10.6. The minimum Gasteiger partial charge on any atom is -0.282 e. The van der Waals surface area contributed by atoms with Crippen molar-refractivity contribution in [1.82, 2.24) is 0 Å². The monoisotopic (exact) mass is 307 g/mol. The maximum Gasteiger partial charge on any atom is 0.295 e. The zero-order chi connectivity index (χ0) is 11.1. The summed E-state index contributed by atoms with van der Waals surface area (Å²) in [5, 5.41) is 1.36. The van der Waals surface area contributed by atoms with Crippen molar-refractivity contribution >= 4 is 79.1 Å². The van der Waals surface area contributed by atoms with Gasteiger partial charge >= 0.3 is 0 Å². The van der Waals surface area contributed by atoms with Crippen LogP contribution in [0.2, 0.25) is 0 Å². The SMILES string of the molecule is Cc1ccc2ccccc2c1S(=O)(=O)O.[Rb]. The molecule has 2 aromatic rings. The summed E-state index contributed by atoms with van der Waals surface area (Å²) in [7, 11) is -4.16. The van der Waals surface area contributed by atoms with E-state index in [4.69, 9.17) is 4.55 Å². The van der Waals surface area contributed by atoms with Crippen LogP contribution < -0.4 is 0 Å². The van der Waals surface area contributed by atoms with Gasteiger partial charge in [0, 0.05) is 63.6 Å². The molecule has 0 saturated heterocycles. The molecule has 0 aliphatic carbocycles. The molecule has 0 saturated carbocycles. The third-order valence-electron chi connectivity index (χ3n) is 2.33. The van der Waals surface area contributed by atoms with Gasteiger partial charge in [-0.05, 0) is 17.9 Å². The van der Waals surface area contributed by atoms with E-state index in [1.807, 2.05) is 18.2 Å². The number of fused-ring (bicyclic) bond motifs is 1. The van der Waals surface area contributed by atoms with E-state index in [1.165, 1.54) is 0 Å². The standard InChI is InChI=1S/C11H10O3S.Rb/c1-8-6-7-9-4-2-3-5-10(9)11(8)15(12,13)14;/h2-7H,1H3,(H,12,13,14);. The minimum atomic E-state index is -4.16. The van der Waals surface area contributed by atoms with E-state index in [1.54, 1.807) is 25.1 Å². The first-order valence-corrected chi connectivity index (χ1v) is 5.90. The zero-order valence-corrected chi connectivity index (χ0v) is 14.9. The van der Waals surface area contributed by atoms with Gasteiger partial charge in [0.15, 0.2) is 0 Å². The van der Waals surface area contributed by atoms with Crippen molar-refractivity contribution in [3.05, 3.63) is 42.0 Å². The molecule has 0 heterocycles. The molecule has 2 aromatic carbocycles. The van der Waals surface area contributed by atoms with E-state index in [0.717, 1.165) is 5.39 Å². The van der Waals surface area contributed by atoms with Gasteiger partial charge < -0.3 is 0 Å². The Morgan fingerprint density at radius 1 is 1.06 bits per heavy atom. The van der Waals surface area contributed by atoms with Crippen LogP contribution in [0.1, 0.15) is 5.56 Å². The second-order valence-corrected chi connectivity index (χ2v) is 4.77. The molecule has 79 valence electrons. The van der Waals surface area contributed by atoms with Crippen LogP contribution in [-0.2, 0) is 10.1 Å². The molecule has 0 aliphatic rings. The van der Waals surface area contributed by atoms with E-state index in [9.17, 15) is 8.42 Å². The topological polar surface area (TPSA) is 54.4 Å². The van der Waals surface area contributed by atoms with Crippen molar-refractivity contribution in [2.75, 3.05) is 0 Å². The van der Waals surface area contributed by atoms with Crippen LogP contribution in [0.5, 0.6) is 0 Å². The first-order chi connectivity index (χ1) is 7.00. The van der Waals surface area contributed by atoms with Crippen LogP contribution in [0.4, 0.5) is 0 Å². The van der Waals surface area contributed by atoms with Gasteiger partial charge in [-0.15, -0.1) is 0 Å². The predicted molar refractivity (Wildman–Crippen MR) is 64.3 cm³/mol. The van der Waals surface area contributed by atoms with Crippen molar-refractivity contribution < 1.29 is 13.0 Å². The predicted octanol–water partition coefficient (Wildman–Crippen LogP) is 2.01. The minimum absolute atomic E-state index is 0. The molecular formula is C11H10O3RbS. The molecule has 1 radical (unpaired) electrons. The molecule has 0 aliphatic heterocycles. The third-order valence-corrected chi connectivity index (χ3v) is 3.39. The first-order valence-electron chi connectivity index (χ1n) is 4.46. The Hall–Kier alpha value is 0.415. The number of aryl methyl sites for hydroxylation is 1. The smallest absolute Gasteiger partial charge is 0.282 e. The fourth-order valence-electron chi connectivity index (χ4n) is 1.69. The maximum absolute atomic E-state index is 11.2. The van der Waals surface area contributed by atoms with Crippen LogP contribution in [0.3, 0.4) is 0 Å². The van der Waals surface area contributed by atoms with Gasteiger partial charge in [-0.3, -0.25) is 4.55 Å². The van der Waals surface area contributed by atoms with Crippen molar-refractivity contribution in [3.8, 4) is 0 Å². The molecule has 0 atom stereocenters. The van der Waals surface area contributed by atoms with E-state index in [-0.39, 0.29) is 63.1 Å². The fraction of sp³-hybridized carbons (Fsp3) is 0.0909. The van der Waals surface area contributed by atoms with Gasteiger partial charge in [-0.25, -0.2) is 0 Å². The van der Waals surface area contributed by atoms with Gasteiger partial charge in [-0.2, -0.15) is 8.42 Å². The van der Waals surface area contributed by atoms with Crippen LogP contribution in [-0.4, -0.2) is 71.2 Å². The van der Waals surface area contributed by atoms with E-state index >= 15 is 0 Å². The summed E-state index contributed by atoms with van der Waals surface area (Å²) >= 11 is 0. The van der Waals surface area contributed by atoms with E-state index in [2.05, 4.69) is 0 Å². The number of rotatable bonds is 1. The molecule has 0 spiro atoms. The second-order valence-electron chi connectivity index (χ2n) is 3.41. The van der Waals surface area contributed by atoms with Gasteiger partial charge in [0.2, 0.25) is 0 Å². The normalized spacial score (nSPS) is 11.1. The Balaban J connectivity index is 0.00000128. The van der Waals surface area contributed by atoms with Crippen molar-refractivity contribution in [1.29, 1.82) is 0 Å². The Labute approximate surface area is 143 Å². The molecule has 0 amide bonds. The van der Waals surface area contributed by atoms with E-state index < -0.39 is 10.1 Å². The molecule has 2 rings (SSSR count). The molecule has 3 nitrogen and oxygen atoms in total. The number of hydrogen-bond donors (Lipinski definition) is 1. The Kier molecular flexibility index (Phi) is 4.86. The fourth-order valence-corrected chi connectivity index (χ4v) is 2.63. The van der Waals surface area contributed by atoms with Gasteiger partial charge in [0.1, 0.15) is 4.90 Å². The summed E-state index contributed by atoms with van der Waals surface area (Å²) in [5.74, 6) is 0. The largest absolute Gasteiger partial charge is 0.295 e. The average molecular weight is 308 g/mol. The van der Waals surface area contributed by atoms with Crippen LogP contribution in [0.15, 0.2) is 41.3 Å². The molecule has 0 fully saturated rings. The summed E-state index contributed by atoms with van der Waals surface area (Å²) in [6.07, 6.45) is 0. The molecule has 0 aromatic heterocycles. The Morgan fingerprint density at radius 3 is 2.31 bits per heavy atom. The summed E-state index contributed by atoms with van der Waals surface area (Å²) in [6.45, 7) is 1.66. The van der Waals surface area contributed by atoms with Crippen molar-refractivity contribution in [2.45, 2.75) is 11.8 Å². The molecule has 0 unspecified atom stereocenters. The first kappa shape index (κ1) is 14.5. The molecule has 0 bridgehead atoms. The second kappa shape index (κ2) is 5.37. The van der Waals surface area contributed by atoms with Crippen molar-refractivity contribution in [3.63, 3.8) is 0 Å². The van der Waals surface area contributed by atoms with Gasteiger partial charge in [0.05, 0.1) is 0 Å². The summed E-state index contributed by atoms with van der Waals surface area (Å²) < 4.78 is 31.6. The van der Waals surface area contributed by atoms with Crippen molar-refractivity contribution in [2.24, 2.45) is 0 Å². The van der Waals surface area contributed by atoms with Crippen LogP contribution in [0.25, 0.3) is 10.8 Å². The Bertz CT molecular complexity index is 620. The average Bonchev–Trinajstić information content (AvgIpc) is 2.15. The number of hydrogen-bond acceptors (Lipinski definition) is 2. The van der Waals surface area contributed by atoms with E-state index in [0.29, 0.717) is 10.9 Å². The summed E-state index contributed by atoms with van der Waals surface area (Å²) in [5.41, 5.74) is 0.552. The van der Waals surface area contributed by atoms with Crippen LogP contribution >= 0.6 is 0 Å². The zero-order valence-electron chi connectivity index (χ0n) is 9.14. The third kappa shape index (κ3) is 2.80. The maximum atomic E-state index is 11.2. The molecular weight excluding hydrogens is 298 g/mol. The van der Waals surface area contributed by atoms with Gasteiger partial charge in [-0.1, -0.05) is 36.4 Å². The quantitative estimate of drug-likeness (QED) is 0.820. The number of benzene rings is 2. The molecule has 5 heteroatoms. The molecule has 16 heavy (non-hydrogen) atoms.